The average Bonchev–Trinajstić information content (AvgIpc) is 2.72. The zero-order valence-corrected chi connectivity index (χ0v) is 17.2. The van der Waals surface area contributed by atoms with E-state index in [1.807, 2.05) is 24.3 Å². The number of benzene rings is 2. The van der Waals surface area contributed by atoms with Gasteiger partial charge >= 0.3 is 0 Å². The first kappa shape index (κ1) is 19.8. The molecule has 1 N–H and O–H groups in total. The summed E-state index contributed by atoms with van der Waals surface area (Å²) >= 11 is 0. The molecule has 2 aromatic rings. The third kappa shape index (κ3) is 5.31. The van der Waals surface area contributed by atoms with Crippen molar-refractivity contribution in [2.24, 2.45) is 0 Å². The number of hydrogen-bond acceptors (Lipinski definition) is 3. The number of rotatable bonds is 5. The molecule has 0 spiro atoms. The lowest BCUT2D eigenvalue weighted by molar-refractivity contribution is -0.122. The smallest absolute Gasteiger partial charge is 0.222 e. The normalized spacial score (nSPS) is 20.1. The molecule has 4 heteroatoms. The van der Waals surface area contributed by atoms with E-state index in [1.165, 1.54) is 37.7 Å². The molecule has 1 heterocycles. The molecule has 0 bridgehead atoms. The van der Waals surface area contributed by atoms with Gasteiger partial charge in [-0.3, -0.25) is 4.79 Å². The summed E-state index contributed by atoms with van der Waals surface area (Å²) < 4.78 is 6.01. The second-order valence-electron chi connectivity index (χ2n) is 8.36. The van der Waals surface area contributed by atoms with E-state index in [9.17, 15) is 4.79 Å². The van der Waals surface area contributed by atoms with E-state index in [1.54, 1.807) is 0 Å². The number of nitrogens with one attached hydrogen (secondary N) is 1. The predicted octanol–water partition coefficient (Wildman–Crippen LogP) is 5.07. The van der Waals surface area contributed by atoms with Crippen LogP contribution in [0.1, 0.15) is 56.9 Å². The van der Waals surface area contributed by atoms with Crippen molar-refractivity contribution in [3.8, 4) is 5.75 Å². The molecular formula is C25H32N2O2. The van der Waals surface area contributed by atoms with Crippen LogP contribution in [0.3, 0.4) is 0 Å². The van der Waals surface area contributed by atoms with Gasteiger partial charge in [-0.15, -0.1) is 0 Å². The van der Waals surface area contributed by atoms with Gasteiger partial charge in [-0.25, -0.2) is 0 Å². The Morgan fingerprint density at radius 3 is 2.41 bits per heavy atom. The summed E-state index contributed by atoms with van der Waals surface area (Å²) in [6.45, 7) is 1.32. The molecule has 29 heavy (non-hydrogen) atoms. The molecule has 0 unspecified atom stereocenters. The first-order chi connectivity index (χ1) is 14.3. The topological polar surface area (TPSA) is 41.6 Å². The van der Waals surface area contributed by atoms with Gasteiger partial charge in [0, 0.05) is 12.6 Å². The van der Waals surface area contributed by atoms with Crippen LogP contribution in [0.4, 0.5) is 5.69 Å². The summed E-state index contributed by atoms with van der Waals surface area (Å²) in [6, 6.07) is 19.0. The first-order valence-corrected chi connectivity index (χ1v) is 11.1. The fraction of sp³-hybridized carbons (Fsp3) is 0.480. The maximum atomic E-state index is 12.9. The van der Waals surface area contributed by atoms with Crippen molar-refractivity contribution in [3.05, 3.63) is 60.2 Å². The molecule has 2 aliphatic rings. The Balaban J connectivity index is 1.45. The Morgan fingerprint density at radius 1 is 0.931 bits per heavy atom. The molecule has 1 aliphatic heterocycles. The average molecular weight is 393 g/mol. The lowest BCUT2D eigenvalue weighted by Crippen LogP contribution is -2.47. The highest BCUT2D eigenvalue weighted by atomic mass is 16.5. The van der Waals surface area contributed by atoms with Crippen molar-refractivity contribution in [2.45, 2.75) is 70.0 Å². The highest BCUT2D eigenvalue weighted by Crippen LogP contribution is 2.35. The van der Waals surface area contributed by atoms with E-state index < -0.39 is 0 Å². The van der Waals surface area contributed by atoms with Crippen LogP contribution in [0.15, 0.2) is 54.6 Å². The van der Waals surface area contributed by atoms with Crippen LogP contribution in [0.25, 0.3) is 0 Å². The van der Waals surface area contributed by atoms with Crippen LogP contribution in [-0.2, 0) is 11.3 Å². The van der Waals surface area contributed by atoms with Gasteiger partial charge in [-0.1, -0.05) is 74.6 Å². The maximum absolute atomic E-state index is 12.9. The van der Waals surface area contributed by atoms with Gasteiger partial charge in [0.2, 0.25) is 5.91 Å². The first-order valence-electron chi connectivity index (χ1n) is 11.1. The molecule has 2 aromatic carbocycles. The molecule has 4 nitrogen and oxygen atoms in total. The third-order valence-corrected chi connectivity index (χ3v) is 6.13. The van der Waals surface area contributed by atoms with Crippen LogP contribution in [0.5, 0.6) is 5.75 Å². The maximum Gasteiger partial charge on any atom is 0.222 e. The molecule has 1 aliphatic carbocycles. The van der Waals surface area contributed by atoms with E-state index in [0.29, 0.717) is 19.1 Å². The second-order valence-corrected chi connectivity index (χ2v) is 8.36. The van der Waals surface area contributed by atoms with Gasteiger partial charge in [0.05, 0.1) is 18.2 Å². The number of para-hydroxylation sites is 2. The Labute approximate surface area is 174 Å². The number of ether oxygens (including phenoxy) is 1. The van der Waals surface area contributed by atoms with Crippen molar-refractivity contribution < 1.29 is 9.53 Å². The quantitative estimate of drug-likeness (QED) is 0.772. The molecule has 0 saturated heterocycles. The minimum absolute atomic E-state index is 0.0404. The highest BCUT2D eigenvalue weighted by Gasteiger charge is 2.29. The summed E-state index contributed by atoms with van der Waals surface area (Å²) in [4.78, 5) is 15.2. The van der Waals surface area contributed by atoms with Crippen LogP contribution in [-0.4, -0.2) is 24.6 Å². The standard InChI is InChI=1S/C25H32N2O2/c28-25(26-21-13-7-2-1-3-8-14-21)17-22-19-29-24-16-10-9-15-23(24)27(22)18-20-11-5-4-6-12-20/h4-6,9-12,15-16,21-22H,1-3,7-8,13-14,17-19H2,(H,26,28)/t22-/m1/s1. The lowest BCUT2D eigenvalue weighted by Gasteiger charge is -2.38. The molecule has 1 amide bonds. The second kappa shape index (κ2) is 9.82. The Kier molecular flexibility index (Phi) is 6.71. The Hall–Kier alpha value is -2.49. The van der Waals surface area contributed by atoms with Crippen LogP contribution >= 0.6 is 0 Å². The van der Waals surface area contributed by atoms with Gasteiger partial charge < -0.3 is 15.0 Å². The van der Waals surface area contributed by atoms with Gasteiger partial charge in [0.25, 0.3) is 0 Å². The summed E-state index contributed by atoms with van der Waals surface area (Å²) in [5, 5.41) is 3.32. The van der Waals surface area contributed by atoms with E-state index in [0.717, 1.165) is 30.8 Å². The molecule has 1 saturated carbocycles. The van der Waals surface area contributed by atoms with Gasteiger partial charge in [0.1, 0.15) is 12.4 Å². The fourth-order valence-electron chi connectivity index (χ4n) is 4.55. The minimum Gasteiger partial charge on any atom is -0.489 e. The largest absolute Gasteiger partial charge is 0.489 e. The van der Waals surface area contributed by atoms with E-state index in [4.69, 9.17) is 4.74 Å². The van der Waals surface area contributed by atoms with E-state index >= 15 is 0 Å². The van der Waals surface area contributed by atoms with Crippen molar-refractivity contribution in [1.29, 1.82) is 0 Å². The van der Waals surface area contributed by atoms with Crippen LogP contribution in [0, 0.1) is 0 Å². The van der Waals surface area contributed by atoms with E-state index in [-0.39, 0.29) is 11.9 Å². The summed E-state index contributed by atoms with van der Waals surface area (Å²) in [7, 11) is 0. The van der Waals surface area contributed by atoms with Gasteiger partial charge in [-0.2, -0.15) is 0 Å². The van der Waals surface area contributed by atoms with Crippen molar-refractivity contribution in [1.82, 2.24) is 5.32 Å². The number of carbonyl (C=O) groups is 1. The summed E-state index contributed by atoms with van der Waals surface area (Å²) in [5.74, 6) is 1.06. The van der Waals surface area contributed by atoms with Crippen molar-refractivity contribution in [2.75, 3.05) is 11.5 Å². The Bertz CT molecular complexity index is 784. The highest BCUT2D eigenvalue weighted by molar-refractivity contribution is 5.78. The molecule has 4 rings (SSSR count). The van der Waals surface area contributed by atoms with Crippen LogP contribution < -0.4 is 15.0 Å². The lowest BCUT2D eigenvalue weighted by atomic mass is 9.96. The summed E-state index contributed by atoms with van der Waals surface area (Å²) in [6.07, 6.45) is 9.09. The number of fused-ring (bicyclic) bond motifs is 1. The van der Waals surface area contributed by atoms with Gasteiger partial charge in [0.15, 0.2) is 0 Å². The van der Waals surface area contributed by atoms with Crippen molar-refractivity contribution >= 4 is 11.6 Å². The van der Waals surface area contributed by atoms with Crippen molar-refractivity contribution in [3.63, 3.8) is 0 Å². The van der Waals surface area contributed by atoms with Gasteiger partial charge in [-0.05, 0) is 30.5 Å². The molecule has 0 radical (unpaired) electrons. The van der Waals surface area contributed by atoms with E-state index in [2.05, 4.69) is 40.5 Å². The zero-order chi connectivity index (χ0) is 19.9. The zero-order valence-electron chi connectivity index (χ0n) is 17.2. The fourth-order valence-corrected chi connectivity index (χ4v) is 4.55. The summed E-state index contributed by atoms with van der Waals surface area (Å²) in [5.41, 5.74) is 2.32. The minimum atomic E-state index is 0.0404. The number of amides is 1. The molecule has 1 fully saturated rings. The number of hydrogen-bond donors (Lipinski definition) is 1. The Morgan fingerprint density at radius 2 is 1.62 bits per heavy atom. The number of carbonyl (C=O) groups excluding carboxylic acids is 1. The number of nitrogens with zero attached hydrogens (tertiary/aromatic N) is 1. The van der Waals surface area contributed by atoms with Crippen LogP contribution in [0.2, 0.25) is 0 Å². The number of anilines is 1. The third-order valence-electron chi connectivity index (χ3n) is 6.13. The molecule has 154 valence electrons. The molecular weight excluding hydrogens is 360 g/mol. The molecule has 1 atom stereocenters. The monoisotopic (exact) mass is 392 g/mol. The SMILES string of the molecule is O=C(C[C@@H]1COc2ccccc2N1Cc1ccccc1)NC1CCCCCCC1. The molecule has 0 aromatic heterocycles. The predicted molar refractivity (Wildman–Crippen MR) is 117 cm³/mol.